The first kappa shape index (κ1) is 19.9. The largest absolute Gasteiger partial charge is 0.385 e. The van der Waals surface area contributed by atoms with E-state index in [2.05, 4.69) is 60.7 Å². The number of nitrogens with zero attached hydrogens (tertiary/aromatic N) is 2. The second kappa shape index (κ2) is 8.05. The molecule has 3 rings (SSSR count). The highest BCUT2D eigenvalue weighted by Crippen LogP contribution is 2.23. The Morgan fingerprint density at radius 2 is 1.79 bits per heavy atom. The van der Waals surface area contributed by atoms with E-state index in [0.717, 1.165) is 35.6 Å². The lowest BCUT2D eigenvalue weighted by molar-refractivity contribution is 0.0947. The van der Waals surface area contributed by atoms with Crippen LogP contribution in [0.15, 0.2) is 42.6 Å². The van der Waals surface area contributed by atoms with Crippen LogP contribution in [-0.2, 0) is 5.41 Å². The monoisotopic (exact) mass is 378 g/mol. The highest BCUT2D eigenvalue weighted by atomic mass is 16.1. The molecule has 5 nitrogen and oxygen atoms in total. The summed E-state index contributed by atoms with van der Waals surface area (Å²) in [5, 5.41) is 6.42. The van der Waals surface area contributed by atoms with Crippen molar-refractivity contribution in [2.24, 2.45) is 0 Å². The van der Waals surface area contributed by atoms with Crippen LogP contribution < -0.4 is 10.6 Å². The van der Waals surface area contributed by atoms with Crippen LogP contribution in [0, 0.1) is 13.8 Å². The molecule has 0 aliphatic rings. The minimum atomic E-state index is -0.0802. The fraction of sp³-hybridized carbons (Fsp3) is 0.391. The van der Waals surface area contributed by atoms with Gasteiger partial charge in [-0.25, -0.2) is 4.98 Å². The number of nitrogens with one attached hydrogen (secondary N) is 2. The predicted molar refractivity (Wildman–Crippen MR) is 115 cm³/mol. The van der Waals surface area contributed by atoms with Crippen LogP contribution in [-0.4, -0.2) is 28.4 Å². The van der Waals surface area contributed by atoms with Crippen molar-refractivity contribution in [3.8, 4) is 0 Å². The van der Waals surface area contributed by atoms with E-state index in [9.17, 15) is 4.79 Å². The average molecular weight is 379 g/mol. The van der Waals surface area contributed by atoms with Crippen LogP contribution in [0.1, 0.15) is 54.5 Å². The third kappa shape index (κ3) is 4.53. The molecule has 0 saturated heterocycles. The summed E-state index contributed by atoms with van der Waals surface area (Å²) in [6, 6.07) is 12.5. The molecule has 2 aromatic heterocycles. The fourth-order valence-corrected chi connectivity index (χ4v) is 3.23. The van der Waals surface area contributed by atoms with Crippen molar-refractivity contribution < 1.29 is 4.79 Å². The Bertz CT molecular complexity index is 965. The van der Waals surface area contributed by atoms with Gasteiger partial charge < -0.3 is 10.6 Å². The van der Waals surface area contributed by atoms with Crippen molar-refractivity contribution in [1.29, 1.82) is 0 Å². The van der Waals surface area contributed by atoms with E-state index in [1.165, 1.54) is 5.56 Å². The molecular weight excluding hydrogens is 348 g/mol. The molecule has 0 aliphatic carbocycles. The van der Waals surface area contributed by atoms with E-state index in [-0.39, 0.29) is 11.3 Å². The van der Waals surface area contributed by atoms with Crippen LogP contribution in [0.25, 0.3) is 5.65 Å². The van der Waals surface area contributed by atoms with Gasteiger partial charge in [-0.1, -0.05) is 32.9 Å². The van der Waals surface area contributed by atoms with Crippen LogP contribution in [0.3, 0.4) is 0 Å². The third-order valence-electron chi connectivity index (χ3n) is 4.89. The molecule has 0 unspecified atom stereocenters. The predicted octanol–water partition coefficient (Wildman–Crippen LogP) is 4.48. The summed E-state index contributed by atoms with van der Waals surface area (Å²) >= 11 is 0. The first-order valence-corrected chi connectivity index (χ1v) is 9.83. The summed E-state index contributed by atoms with van der Waals surface area (Å²) in [7, 11) is 0. The first-order chi connectivity index (χ1) is 13.3. The molecule has 0 fully saturated rings. The molecule has 0 atom stereocenters. The van der Waals surface area contributed by atoms with Crippen molar-refractivity contribution in [2.75, 3.05) is 18.4 Å². The third-order valence-corrected chi connectivity index (χ3v) is 4.89. The van der Waals surface area contributed by atoms with Gasteiger partial charge in [-0.15, -0.1) is 0 Å². The van der Waals surface area contributed by atoms with E-state index >= 15 is 0 Å². The number of hydrogen-bond acceptors (Lipinski definition) is 3. The number of imidazole rings is 1. The molecule has 0 saturated carbocycles. The molecule has 2 N–H and O–H groups in total. The first-order valence-electron chi connectivity index (χ1n) is 9.83. The number of hydrogen-bond donors (Lipinski definition) is 2. The fourth-order valence-electron chi connectivity index (χ4n) is 3.23. The molecular formula is C23H30N4O. The summed E-state index contributed by atoms with van der Waals surface area (Å²) in [5.41, 5.74) is 5.89. The number of benzene rings is 1. The van der Waals surface area contributed by atoms with Gasteiger partial charge in [0.05, 0.1) is 5.69 Å². The lowest BCUT2D eigenvalue weighted by Crippen LogP contribution is -2.27. The minimum absolute atomic E-state index is 0.0802. The Balaban J connectivity index is 1.49. The normalized spacial score (nSPS) is 11.6. The van der Waals surface area contributed by atoms with E-state index in [1.54, 1.807) is 0 Å². The van der Waals surface area contributed by atoms with E-state index in [1.807, 2.05) is 36.6 Å². The van der Waals surface area contributed by atoms with Crippen molar-refractivity contribution in [1.82, 2.24) is 14.7 Å². The van der Waals surface area contributed by atoms with Gasteiger partial charge in [0.1, 0.15) is 11.3 Å². The maximum absolute atomic E-state index is 12.6. The molecule has 0 aliphatic heterocycles. The number of fused-ring (bicyclic) bond motifs is 1. The molecule has 0 radical (unpaired) electrons. The average Bonchev–Trinajstić information content (AvgIpc) is 2.95. The van der Waals surface area contributed by atoms with Crippen molar-refractivity contribution in [3.63, 3.8) is 0 Å². The van der Waals surface area contributed by atoms with Gasteiger partial charge >= 0.3 is 0 Å². The Morgan fingerprint density at radius 1 is 1.07 bits per heavy atom. The summed E-state index contributed by atoms with van der Waals surface area (Å²) in [6.45, 7) is 12.0. The second-order valence-corrected chi connectivity index (χ2v) is 8.34. The van der Waals surface area contributed by atoms with Crippen LogP contribution in [0.4, 0.5) is 5.69 Å². The van der Waals surface area contributed by atoms with Gasteiger partial charge in [0, 0.05) is 25.0 Å². The van der Waals surface area contributed by atoms with Crippen molar-refractivity contribution >= 4 is 17.2 Å². The smallest absolute Gasteiger partial charge is 0.270 e. The number of anilines is 1. The minimum Gasteiger partial charge on any atom is -0.385 e. The molecule has 148 valence electrons. The summed E-state index contributed by atoms with van der Waals surface area (Å²) in [4.78, 5) is 17.1. The van der Waals surface area contributed by atoms with Gasteiger partial charge in [-0.3, -0.25) is 9.20 Å². The number of aromatic nitrogens is 2. The van der Waals surface area contributed by atoms with Gasteiger partial charge in [0.15, 0.2) is 0 Å². The molecule has 5 heteroatoms. The van der Waals surface area contributed by atoms with Gasteiger partial charge in [0.25, 0.3) is 5.91 Å². The summed E-state index contributed by atoms with van der Waals surface area (Å²) in [5.74, 6) is -0.0802. The van der Waals surface area contributed by atoms with E-state index < -0.39 is 0 Å². The number of rotatable bonds is 6. The van der Waals surface area contributed by atoms with Gasteiger partial charge in [-0.05, 0) is 61.1 Å². The topological polar surface area (TPSA) is 58.4 Å². The number of carbonyl (C=O) groups is 1. The lowest BCUT2D eigenvalue weighted by Gasteiger charge is -2.19. The van der Waals surface area contributed by atoms with Crippen molar-refractivity contribution in [3.05, 3.63) is 65.1 Å². The highest BCUT2D eigenvalue weighted by molar-refractivity contribution is 5.94. The molecule has 3 aromatic rings. The summed E-state index contributed by atoms with van der Waals surface area (Å²) in [6.07, 6.45) is 2.75. The molecule has 28 heavy (non-hydrogen) atoms. The lowest BCUT2D eigenvalue weighted by atomic mass is 9.87. The molecule has 0 bridgehead atoms. The van der Waals surface area contributed by atoms with Gasteiger partial charge in [-0.2, -0.15) is 0 Å². The van der Waals surface area contributed by atoms with E-state index in [0.29, 0.717) is 12.2 Å². The number of pyridine rings is 1. The van der Waals surface area contributed by atoms with Crippen LogP contribution in [0.5, 0.6) is 0 Å². The standard InChI is InChI=1S/C23H30N4O/c1-16-11-14-27-20(15-16)26-17(2)21(27)22(28)25-13-6-12-24-19-9-7-18(8-10-19)23(3,4)5/h7-11,14-15,24H,6,12-13H2,1-5H3,(H,25,28). The van der Waals surface area contributed by atoms with Crippen LogP contribution >= 0.6 is 0 Å². The maximum atomic E-state index is 12.6. The zero-order valence-corrected chi connectivity index (χ0v) is 17.5. The molecule has 1 aromatic carbocycles. The van der Waals surface area contributed by atoms with E-state index in [4.69, 9.17) is 0 Å². The zero-order chi connectivity index (χ0) is 20.3. The Labute approximate surface area is 167 Å². The Morgan fingerprint density at radius 3 is 2.46 bits per heavy atom. The molecule has 0 spiro atoms. The van der Waals surface area contributed by atoms with Gasteiger partial charge in [0.2, 0.25) is 0 Å². The Kier molecular flexibility index (Phi) is 5.73. The van der Waals surface area contributed by atoms with Crippen molar-refractivity contribution in [2.45, 2.75) is 46.5 Å². The number of amides is 1. The van der Waals surface area contributed by atoms with Crippen LogP contribution in [0.2, 0.25) is 0 Å². The Hall–Kier alpha value is -2.82. The maximum Gasteiger partial charge on any atom is 0.270 e. The quantitative estimate of drug-likeness (QED) is 0.622. The zero-order valence-electron chi connectivity index (χ0n) is 17.5. The number of carbonyl (C=O) groups excluding carboxylic acids is 1. The summed E-state index contributed by atoms with van der Waals surface area (Å²) < 4.78 is 1.85. The number of aryl methyl sites for hydroxylation is 2. The second-order valence-electron chi connectivity index (χ2n) is 8.34. The molecule has 2 heterocycles. The highest BCUT2D eigenvalue weighted by Gasteiger charge is 2.16. The SMILES string of the molecule is Cc1ccn2c(C(=O)NCCCNc3ccc(C(C)(C)C)cc3)c(C)nc2c1. The molecule has 1 amide bonds.